The minimum Gasteiger partial charge on any atom is -0.497 e. The Morgan fingerprint density at radius 2 is 2.05 bits per heavy atom. The molecule has 110 valence electrons. The van der Waals surface area contributed by atoms with E-state index in [0.717, 1.165) is 21.9 Å². The van der Waals surface area contributed by atoms with Gasteiger partial charge in [-0.05, 0) is 29.8 Å². The summed E-state index contributed by atoms with van der Waals surface area (Å²) >= 11 is 1.49. The molecule has 5 heteroatoms. The third-order valence-electron chi connectivity index (χ3n) is 2.86. The zero-order valence-electron chi connectivity index (χ0n) is 11.8. The van der Waals surface area contributed by atoms with Crippen molar-refractivity contribution in [3.63, 3.8) is 0 Å². The molecule has 2 aromatic rings. The first-order valence-corrected chi connectivity index (χ1v) is 7.55. The summed E-state index contributed by atoms with van der Waals surface area (Å²) in [6.07, 6.45) is 0. The normalized spacial score (nSPS) is 10.2. The van der Waals surface area contributed by atoms with Crippen molar-refractivity contribution in [1.29, 1.82) is 0 Å². The van der Waals surface area contributed by atoms with Gasteiger partial charge in [-0.3, -0.25) is 4.79 Å². The molecule has 1 amide bonds. The van der Waals surface area contributed by atoms with Gasteiger partial charge >= 0.3 is 0 Å². The number of carbonyl (C=O) groups excluding carboxylic acids is 1. The lowest BCUT2D eigenvalue weighted by molar-refractivity contribution is -0.113. The Balaban J connectivity index is 1.89. The maximum absolute atomic E-state index is 11.9. The second-order valence-corrected chi connectivity index (χ2v) is 5.47. The molecule has 0 fully saturated rings. The Hall–Kier alpha value is -1.98. The second kappa shape index (κ2) is 7.71. The van der Waals surface area contributed by atoms with Crippen molar-refractivity contribution in [2.24, 2.45) is 5.73 Å². The van der Waals surface area contributed by atoms with Crippen molar-refractivity contribution in [1.82, 2.24) is 0 Å². The van der Waals surface area contributed by atoms with Gasteiger partial charge in [0, 0.05) is 23.2 Å². The molecule has 0 aromatic heterocycles. The van der Waals surface area contributed by atoms with Gasteiger partial charge in [-0.15, -0.1) is 11.8 Å². The molecule has 0 saturated heterocycles. The highest BCUT2D eigenvalue weighted by Crippen LogP contribution is 2.20. The standard InChI is InChI=1S/C16H18N2O2S/c1-20-14-6-3-5-13(9-14)18-16(19)11-21-15-7-2-4-12(8-15)10-17/h2-9H,10-11,17H2,1H3,(H,18,19). The number of rotatable bonds is 6. The van der Waals surface area contributed by atoms with Crippen molar-refractivity contribution in [3.8, 4) is 5.75 Å². The Morgan fingerprint density at radius 3 is 2.81 bits per heavy atom. The maximum atomic E-state index is 11.9. The number of thioether (sulfide) groups is 1. The fourth-order valence-electron chi connectivity index (χ4n) is 1.81. The number of nitrogens with one attached hydrogen (secondary N) is 1. The topological polar surface area (TPSA) is 64.3 Å². The summed E-state index contributed by atoms with van der Waals surface area (Å²) in [5.74, 6) is 1.02. The number of amides is 1. The largest absolute Gasteiger partial charge is 0.497 e. The number of carbonyl (C=O) groups is 1. The van der Waals surface area contributed by atoms with Gasteiger partial charge in [0.05, 0.1) is 12.9 Å². The Labute approximate surface area is 128 Å². The highest BCUT2D eigenvalue weighted by Gasteiger charge is 2.05. The maximum Gasteiger partial charge on any atom is 0.234 e. The van der Waals surface area contributed by atoms with E-state index >= 15 is 0 Å². The molecule has 0 aliphatic rings. The number of ether oxygens (including phenoxy) is 1. The predicted molar refractivity (Wildman–Crippen MR) is 86.7 cm³/mol. The molecule has 0 aliphatic heterocycles. The first kappa shape index (κ1) is 15.4. The molecule has 0 aliphatic carbocycles. The quantitative estimate of drug-likeness (QED) is 0.805. The van der Waals surface area contributed by atoms with Crippen LogP contribution in [0.4, 0.5) is 5.69 Å². The van der Waals surface area contributed by atoms with Crippen LogP contribution in [0.5, 0.6) is 5.75 Å². The average Bonchev–Trinajstić information content (AvgIpc) is 2.53. The molecule has 0 atom stereocenters. The molecule has 3 N–H and O–H groups in total. The summed E-state index contributed by atoms with van der Waals surface area (Å²) in [6.45, 7) is 0.504. The molecular formula is C16H18N2O2S. The van der Waals surface area contributed by atoms with Crippen LogP contribution in [0.25, 0.3) is 0 Å². The number of nitrogens with two attached hydrogens (primary N) is 1. The first-order valence-electron chi connectivity index (χ1n) is 6.57. The third kappa shape index (κ3) is 4.81. The smallest absolute Gasteiger partial charge is 0.234 e. The van der Waals surface area contributed by atoms with Crippen molar-refractivity contribution in [2.45, 2.75) is 11.4 Å². The lowest BCUT2D eigenvalue weighted by atomic mass is 10.2. The van der Waals surface area contributed by atoms with E-state index in [1.165, 1.54) is 11.8 Å². The molecule has 0 spiro atoms. The number of hydrogen-bond acceptors (Lipinski definition) is 4. The van der Waals surface area contributed by atoms with Gasteiger partial charge in [-0.2, -0.15) is 0 Å². The summed E-state index contributed by atoms with van der Waals surface area (Å²) in [7, 11) is 1.60. The highest BCUT2D eigenvalue weighted by atomic mass is 32.2. The van der Waals surface area contributed by atoms with Crippen LogP contribution in [0.1, 0.15) is 5.56 Å². The number of hydrogen-bond donors (Lipinski definition) is 2. The summed E-state index contributed by atoms with van der Waals surface area (Å²) in [4.78, 5) is 13.0. The molecule has 0 heterocycles. The van der Waals surface area contributed by atoms with Gasteiger partial charge in [0.25, 0.3) is 0 Å². The molecule has 0 radical (unpaired) electrons. The second-order valence-electron chi connectivity index (χ2n) is 4.42. The number of methoxy groups -OCH3 is 1. The molecule has 21 heavy (non-hydrogen) atoms. The van der Waals surface area contributed by atoms with Crippen LogP contribution in [-0.2, 0) is 11.3 Å². The summed E-state index contributed by atoms with van der Waals surface area (Å²) in [5, 5.41) is 2.85. The zero-order valence-corrected chi connectivity index (χ0v) is 12.7. The molecule has 2 aromatic carbocycles. The van der Waals surface area contributed by atoms with Gasteiger partial charge in [0.15, 0.2) is 0 Å². The molecule has 2 rings (SSSR count). The molecule has 4 nitrogen and oxygen atoms in total. The molecular weight excluding hydrogens is 284 g/mol. The van der Waals surface area contributed by atoms with Gasteiger partial charge < -0.3 is 15.8 Å². The predicted octanol–water partition coefficient (Wildman–Crippen LogP) is 2.88. The zero-order chi connectivity index (χ0) is 15.1. The third-order valence-corrected chi connectivity index (χ3v) is 3.85. The van der Waals surface area contributed by atoms with Gasteiger partial charge in [0.1, 0.15) is 5.75 Å². The monoisotopic (exact) mass is 302 g/mol. The summed E-state index contributed by atoms with van der Waals surface area (Å²) in [6, 6.07) is 15.2. The van der Waals surface area contributed by atoms with E-state index < -0.39 is 0 Å². The van der Waals surface area contributed by atoms with Crippen LogP contribution in [-0.4, -0.2) is 18.8 Å². The fraction of sp³-hybridized carbons (Fsp3) is 0.188. The van der Waals surface area contributed by atoms with Crippen LogP contribution in [0.2, 0.25) is 0 Å². The summed E-state index contributed by atoms with van der Waals surface area (Å²) < 4.78 is 5.12. The highest BCUT2D eigenvalue weighted by molar-refractivity contribution is 8.00. The van der Waals surface area contributed by atoms with Crippen LogP contribution in [0.15, 0.2) is 53.4 Å². The first-order chi connectivity index (χ1) is 10.2. The Bertz CT molecular complexity index is 617. The van der Waals surface area contributed by atoms with Crippen LogP contribution in [0.3, 0.4) is 0 Å². The van der Waals surface area contributed by atoms with Crippen molar-refractivity contribution in [2.75, 3.05) is 18.2 Å². The van der Waals surface area contributed by atoms with Crippen molar-refractivity contribution >= 4 is 23.4 Å². The SMILES string of the molecule is COc1cccc(NC(=O)CSc2cccc(CN)c2)c1. The number of benzene rings is 2. The average molecular weight is 302 g/mol. The van der Waals surface area contributed by atoms with E-state index in [2.05, 4.69) is 5.32 Å². The lowest BCUT2D eigenvalue weighted by Crippen LogP contribution is -2.13. The van der Waals surface area contributed by atoms with E-state index in [4.69, 9.17) is 10.5 Å². The van der Waals surface area contributed by atoms with Gasteiger partial charge in [-0.1, -0.05) is 18.2 Å². The number of anilines is 1. The van der Waals surface area contributed by atoms with E-state index in [0.29, 0.717) is 12.3 Å². The van der Waals surface area contributed by atoms with E-state index in [1.807, 2.05) is 42.5 Å². The van der Waals surface area contributed by atoms with Gasteiger partial charge in [0.2, 0.25) is 5.91 Å². The molecule has 0 saturated carbocycles. The fourth-order valence-corrected chi connectivity index (χ4v) is 2.59. The van der Waals surface area contributed by atoms with Crippen molar-refractivity contribution in [3.05, 3.63) is 54.1 Å². The van der Waals surface area contributed by atoms with Gasteiger partial charge in [-0.25, -0.2) is 0 Å². The minimum atomic E-state index is -0.0496. The van der Waals surface area contributed by atoms with Crippen LogP contribution in [0, 0.1) is 0 Å². The van der Waals surface area contributed by atoms with E-state index in [9.17, 15) is 4.79 Å². The Kier molecular flexibility index (Phi) is 5.66. The molecule has 0 bridgehead atoms. The van der Waals surface area contributed by atoms with Crippen LogP contribution < -0.4 is 15.8 Å². The minimum absolute atomic E-state index is 0.0496. The molecule has 0 unspecified atom stereocenters. The van der Waals surface area contributed by atoms with Crippen molar-refractivity contribution < 1.29 is 9.53 Å². The Morgan fingerprint density at radius 1 is 1.24 bits per heavy atom. The van der Waals surface area contributed by atoms with Crippen LogP contribution >= 0.6 is 11.8 Å². The summed E-state index contributed by atoms with van der Waals surface area (Å²) in [5.41, 5.74) is 7.40. The van der Waals surface area contributed by atoms with E-state index in [1.54, 1.807) is 13.2 Å². The lowest BCUT2D eigenvalue weighted by Gasteiger charge is -2.07. The van der Waals surface area contributed by atoms with E-state index in [-0.39, 0.29) is 5.91 Å².